The molecule has 10 atom stereocenters. The van der Waals surface area contributed by atoms with Crippen LogP contribution in [-0.2, 0) is 89.8 Å². The summed E-state index contributed by atoms with van der Waals surface area (Å²) in [4.78, 5) is 193. The molecule has 748 valence electrons. The number of thioether (sulfide) groups is 2. The Kier molecular flexibility index (Phi) is 47.1. The number of rotatable bonds is 48. The van der Waals surface area contributed by atoms with Gasteiger partial charge in [0.2, 0.25) is 35.4 Å². The lowest BCUT2D eigenvalue weighted by Gasteiger charge is -2.41. The van der Waals surface area contributed by atoms with Gasteiger partial charge in [-0.1, -0.05) is 102 Å². The lowest BCUT2D eigenvalue weighted by atomic mass is 9.82. The quantitative estimate of drug-likeness (QED) is 0.0209. The monoisotopic (exact) mass is 1980 g/mol. The molecule has 0 fully saturated rings. The van der Waals surface area contributed by atoms with Gasteiger partial charge in [-0.05, 0) is 96.2 Å². The van der Waals surface area contributed by atoms with E-state index in [0.29, 0.717) is 46.0 Å². The number of carbonyl (C=O) groups is 16. The van der Waals surface area contributed by atoms with E-state index in [9.17, 15) is 128 Å². The molecule has 0 saturated heterocycles. The number of amides is 6. The molecule has 0 saturated carbocycles. The molecule has 50 heteroatoms. The van der Waals surface area contributed by atoms with Crippen LogP contribution in [0.4, 0.5) is 43.9 Å². The predicted molar refractivity (Wildman–Crippen MR) is 467 cm³/mol. The zero-order chi connectivity index (χ0) is 103. The first-order valence-corrected chi connectivity index (χ1v) is 42.8. The number of nitrogens with zero attached hydrogens (tertiary/aromatic N) is 4. The van der Waals surface area contributed by atoms with Crippen molar-refractivity contribution in [2.24, 2.45) is 33.8 Å². The van der Waals surface area contributed by atoms with Crippen LogP contribution in [-0.4, -0.2) is 275 Å². The Hall–Kier alpha value is -12.9. The molecule has 4 aromatic carbocycles. The van der Waals surface area contributed by atoms with Gasteiger partial charge in [0, 0.05) is 103 Å². The largest absolute Gasteiger partial charge is 0.490 e. The fourth-order valence-electron chi connectivity index (χ4n) is 12.8. The molecule has 6 aromatic rings. The van der Waals surface area contributed by atoms with Crippen LogP contribution in [0.25, 0.3) is 22.3 Å². The van der Waals surface area contributed by atoms with Crippen molar-refractivity contribution in [3.05, 3.63) is 167 Å². The highest BCUT2D eigenvalue weighted by atomic mass is 32.2. The Morgan fingerprint density at radius 1 is 0.426 bits per heavy atom. The van der Waals surface area contributed by atoms with E-state index in [1.807, 2.05) is 102 Å². The highest BCUT2D eigenvalue weighted by Gasteiger charge is 2.43. The summed E-state index contributed by atoms with van der Waals surface area (Å²) in [6, 6.07) is 17.5. The lowest BCUT2D eigenvalue weighted by Crippen LogP contribution is -2.51. The molecular formula is C86H106F10N12O26S2. The van der Waals surface area contributed by atoms with Crippen molar-refractivity contribution in [3.63, 3.8) is 0 Å². The third-order valence-corrected chi connectivity index (χ3v) is 22.1. The van der Waals surface area contributed by atoms with Gasteiger partial charge in [-0.15, -0.1) is 23.5 Å². The van der Waals surface area contributed by atoms with Crippen LogP contribution in [0.2, 0.25) is 0 Å². The molecule has 6 amide bonds. The van der Waals surface area contributed by atoms with Crippen LogP contribution >= 0.6 is 23.5 Å². The van der Waals surface area contributed by atoms with Crippen molar-refractivity contribution in [1.29, 1.82) is 0 Å². The van der Waals surface area contributed by atoms with Gasteiger partial charge in [0.05, 0.1) is 48.9 Å². The first kappa shape index (κ1) is 117. The van der Waals surface area contributed by atoms with Crippen molar-refractivity contribution in [2.75, 3.05) is 50.9 Å². The number of ketones is 2. The molecule has 22 N–H and O–H groups in total. The minimum atomic E-state index is -5.08. The van der Waals surface area contributed by atoms with Gasteiger partial charge < -0.3 is 114 Å². The number of benzene rings is 4. The summed E-state index contributed by atoms with van der Waals surface area (Å²) in [5, 5.41) is 96.9. The predicted octanol–water partition coefficient (Wildman–Crippen LogP) is 5.53. The van der Waals surface area contributed by atoms with E-state index in [0.717, 1.165) is 47.5 Å². The van der Waals surface area contributed by atoms with Crippen molar-refractivity contribution in [3.8, 4) is 22.3 Å². The van der Waals surface area contributed by atoms with Gasteiger partial charge in [-0.2, -0.15) is 26.3 Å². The normalized spacial score (nSPS) is 13.6. The third-order valence-electron chi connectivity index (χ3n) is 19.5. The summed E-state index contributed by atoms with van der Waals surface area (Å²) < 4.78 is 126. The van der Waals surface area contributed by atoms with E-state index < -0.39 is 265 Å². The average molecular weight is 1980 g/mol. The second-order valence-corrected chi connectivity index (χ2v) is 34.8. The first-order chi connectivity index (χ1) is 63.1. The second kappa shape index (κ2) is 54.6. The summed E-state index contributed by atoms with van der Waals surface area (Å²) in [7, 11) is 0. The second-order valence-electron chi connectivity index (χ2n) is 32.3. The maximum Gasteiger partial charge on any atom is 0.490 e. The summed E-state index contributed by atoms with van der Waals surface area (Å²) in [5.74, 6) is -23.5. The van der Waals surface area contributed by atoms with E-state index in [-0.39, 0.29) is 61.7 Å². The molecule has 0 spiro atoms. The minimum absolute atomic E-state index is 0.0142. The average Bonchev–Trinajstić information content (AvgIpc) is 1.58. The Bertz CT molecular complexity index is 5120. The van der Waals surface area contributed by atoms with Crippen LogP contribution in [0.3, 0.4) is 0 Å². The lowest BCUT2D eigenvalue weighted by molar-refractivity contribution is -0.193. The number of nitrogens with two attached hydrogens (primary N) is 4. The molecule has 6 rings (SSSR count). The summed E-state index contributed by atoms with van der Waals surface area (Å²) >= 11 is 1.33. The Balaban J connectivity index is 0.000000612. The highest BCUT2D eigenvalue weighted by molar-refractivity contribution is 8.00. The smallest absolute Gasteiger partial charge is 0.481 e. The van der Waals surface area contributed by atoms with Crippen LogP contribution in [0.1, 0.15) is 128 Å². The number of halogens is 10. The number of aliphatic hydroxyl groups excluding tert-OH is 2. The number of carboxylic acids is 8. The van der Waals surface area contributed by atoms with E-state index >= 15 is 8.78 Å². The van der Waals surface area contributed by atoms with Crippen LogP contribution < -0.4 is 44.2 Å². The topological polar surface area (TPSA) is 644 Å². The van der Waals surface area contributed by atoms with E-state index in [2.05, 4.69) is 21.3 Å². The standard InChI is InChI=1S/2C41H52F2N6O11S.2C2HF3O2/c1-41(2,3)36(32-15-24(27-16-25(42)9-11-28(27)43)20-48(32)19-23-7-5-4-6-8-23)49(34(52)21-50)14-13-29(44)37(55)47-31(40(59)60)12-10-26(51)18-46-38(56)33(17-35(53)54)61-22-30(45)39(57)58;1-41(2,3)36(32-15-24(27-16-25(42)9-11-28(27)43)20-48(32)19-23-7-5-4-6-8-23)49(35(53)21-50)14-13-29(44)37(54)47-31(39(57)58)12-10-26(51)18-46-34(52)17-33(40(59)60)61-22-30(45)38(55)56;2*3-2(4,5)1(6)7/h4-9,11,15-16,20,29-31,33,36,50H,10,12-14,17-19,21-22,44-45H2,1-3H3,(H,46,56)(H,47,55)(H,53,54)(H,57,58)(H,59,60);4-9,11,15-16,20,29-31,33,36,50H,10,12-14,17-19,21-22,44-45H2,1-3H3,(H,46,52)(H,47,54)(H,55,56)(H,57,58)(H,59,60);2*(H,6,7)/t2*29-,30-,31+,33?,36-;;/m00../s1. The van der Waals surface area contributed by atoms with Gasteiger partial charge in [0.25, 0.3) is 0 Å². The summed E-state index contributed by atoms with van der Waals surface area (Å²) in [6.45, 7) is 8.08. The fraction of sp³-hybridized carbons (Fsp3) is 0.442. The van der Waals surface area contributed by atoms with Crippen molar-refractivity contribution in [2.45, 2.75) is 177 Å². The molecule has 0 aliphatic heterocycles. The Labute approximate surface area is 778 Å². The SMILES string of the molecule is CC(C)(C)[C@H](c1cc(-c2cc(F)ccc2F)cn1Cc1ccccc1)N(CC[C@H](N)C(=O)N[C@H](CCC(=O)CNC(=O)C(CC(=O)O)SC[C@H](N)C(=O)O)C(=O)O)C(=O)CO.CC(C)(C)[C@H](c1cc(-c2cc(F)ccc2F)cn1Cc1ccccc1)N(CC[C@H](N)C(=O)N[C@H](CCC(=O)CNC(=O)CC(SC[C@H](N)C(=O)O)C(=O)O)C(=O)O)C(=O)CO.O=C(O)C(F)(F)F.O=C(O)C(F)(F)F. The molecule has 2 aromatic heterocycles. The van der Waals surface area contributed by atoms with Crippen molar-refractivity contribution >= 4 is 118 Å². The number of Topliss-reactive ketones (excluding diaryl/α,β-unsaturated/α-hetero) is 2. The zero-order valence-electron chi connectivity index (χ0n) is 73.7. The molecule has 0 aliphatic rings. The maximum absolute atomic E-state index is 15.1. The number of aromatic nitrogens is 2. The Morgan fingerprint density at radius 3 is 1.08 bits per heavy atom. The summed E-state index contributed by atoms with van der Waals surface area (Å²) in [5.41, 5.74) is 25.0. The number of aliphatic carboxylic acids is 8. The highest BCUT2D eigenvalue weighted by Crippen LogP contribution is 2.44. The van der Waals surface area contributed by atoms with Gasteiger partial charge >= 0.3 is 60.1 Å². The molecule has 0 aliphatic carbocycles. The number of alkyl halides is 6. The molecule has 0 radical (unpaired) electrons. The molecule has 0 bridgehead atoms. The van der Waals surface area contributed by atoms with Gasteiger partial charge in [-0.25, -0.2) is 36.7 Å². The number of hydrogen-bond donors (Lipinski definition) is 18. The molecule has 38 nitrogen and oxygen atoms in total. The van der Waals surface area contributed by atoms with Crippen LogP contribution in [0, 0.1) is 34.1 Å². The van der Waals surface area contributed by atoms with E-state index in [1.165, 1.54) is 9.80 Å². The van der Waals surface area contributed by atoms with Gasteiger partial charge in [-0.3, -0.25) is 57.5 Å². The summed E-state index contributed by atoms with van der Waals surface area (Å²) in [6.07, 6.45) is -10.3. The number of carboxylic acid groups (broad SMARTS) is 8. The van der Waals surface area contributed by atoms with Crippen LogP contribution in [0.15, 0.2) is 122 Å². The maximum atomic E-state index is 15.1. The van der Waals surface area contributed by atoms with Crippen molar-refractivity contribution in [1.82, 2.24) is 40.2 Å². The molecular weight excluding hydrogens is 1870 g/mol. The van der Waals surface area contributed by atoms with Gasteiger partial charge in [0.15, 0.2) is 11.6 Å². The fourth-order valence-corrected chi connectivity index (χ4v) is 14.9. The van der Waals surface area contributed by atoms with Crippen molar-refractivity contribution < 1.29 is 172 Å². The number of nitrogens with one attached hydrogen (secondary N) is 4. The zero-order valence-corrected chi connectivity index (χ0v) is 75.4. The van der Waals surface area contributed by atoms with Gasteiger partial charge in [0.1, 0.15) is 65.9 Å². The number of aliphatic hydroxyl groups is 2. The third kappa shape index (κ3) is 40.0. The molecule has 2 unspecified atom stereocenters. The van der Waals surface area contributed by atoms with E-state index in [4.69, 9.17) is 58.1 Å². The molecule has 136 heavy (non-hydrogen) atoms. The number of hydrogen-bond acceptors (Lipinski definition) is 24. The number of carbonyl (C=O) groups excluding carboxylic acids is 8. The minimum Gasteiger partial charge on any atom is -0.481 e. The molecule has 2 heterocycles. The van der Waals surface area contributed by atoms with Crippen LogP contribution in [0.5, 0.6) is 0 Å². The Morgan fingerprint density at radius 2 is 0.772 bits per heavy atom. The van der Waals surface area contributed by atoms with E-state index in [1.54, 1.807) is 33.7 Å². The first-order valence-electron chi connectivity index (χ1n) is 40.7.